The van der Waals surface area contributed by atoms with Crippen molar-refractivity contribution in [3.63, 3.8) is 0 Å². The fourth-order valence-corrected chi connectivity index (χ4v) is 1.79. The van der Waals surface area contributed by atoms with Gasteiger partial charge in [0.25, 0.3) is 5.69 Å². The van der Waals surface area contributed by atoms with Crippen molar-refractivity contribution in [1.29, 1.82) is 0 Å². The molecule has 0 aliphatic rings. The number of aromatic nitrogens is 2. The first-order valence-corrected chi connectivity index (χ1v) is 6.33. The van der Waals surface area contributed by atoms with Gasteiger partial charge in [0.05, 0.1) is 16.9 Å². The summed E-state index contributed by atoms with van der Waals surface area (Å²) in [7, 11) is 0. The predicted octanol–water partition coefficient (Wildman–Crippen LogP) is 3.50. The lowest BCUT2D eigenvalue weighted by molar-refractivity contribution is -0.384. The Morgan fingerprint density at radius 3 is 2.58 bits per heavy atom. The molecule has 2 rings (SSSR count). The van der Waals surface area contributed by atoms with Crippen LogP contribution in [0.4, 0.5) is 5.69 Å². The smallest absolute Gasteiger partial charge is 0.269 e. The van der Waals surface area contributed by atoms with Crippen molar-refractivity contribution in [3.8, 4) is 11.3 Å². The summed E-state index contributed by atoms with van der Waals surface area (Å²) in [6, 6.07) is 6.46. The van der Waals surface area contributed by atoms with E-state index in [1.807, 2.05) is 6.20 Å². The van der Waals surface area contributed by atoms with Crippen LogP contribution in [-0.2, 0) is 6.54 Å². The van der Waals surface area contributed by atoms with Gasteiger partial charge in [-0.1, -0.05) is 13.8 Å². The van der Waals surface area contributed by atoms with Crippen molar-refractivity contribution in [2.45, 2.75) is 26.8 Å². The molecule has 100 valence electrons. The molecule has 0 saturated heterocycles. The minimum absolute atomic E-state index is 0.1000. The number of non-ortho nitro benzene ring substituents is 1. The SMILES string of the molecule is CC(C)CCn1cnc(-c2ccc([N+](=O)[O-])cc2)c1. The second-order valence-corrected chi connectivity index (χ2v) is 4.98. The molecule has 0 aliphatic carbocycles. The summed E-state index contributed by atoms with van der Waals surface area (Å²) in [5.41, 5.74) is 1.84. The zero-order chi connectivity index (χ0) is 13.8. The molecule has 0 unspecified atom stereocenters. The molecule has 5 nitrogen and oxygen atoms in total. The Balaban J connectivity index is 2.11. The molecule has 0 aliphatic heterocycles. The van der Waals surface area contributed by atoms with E-state index in [4.69, 9.17) is 0 Å². The van der Waals surface area contributed by atoms with E-state index in [-0.39, 0.29) is 5.69 Å². The summed E-state index contributed by atoms with van der Waals surface area (Å²) in [6.45, 7) is 5.32. The van der Waals surface area contributed by atoms with Crippen molar-refractivity contribution in [2.24, 2.45) is 5.92 Å². The van der Waals surface area contributed by atoms with Crippen molar-refractivity contribution < 1.29 is 4.92 Å². The normalized spacial score (nSPS) is 10.9. The van der Waals surface area contributed by atoms with Gasteiger partial charge >= 0.3 is 0 Å². The minimum Gasteiger partial charge on any atom is -0.337 e. The number of imidazole rings is 1. The van der Waals surface area contributed by atoms with Gasteiger partial charge in [0.15, 0.2) is 0 Å². The van der Waals surface area contributed by atoms with Crippen molar-refractivity contribution in [2.75, 3.05) is 0 Å². The Kier molecular flexibility index (Phi) is 3.94. The highest BCUT2D eigenvalue weighted by Gasteiger charge is 2.07. The molecule has 0 bridgehead atoms. The number of hydrogen-bond acceptors (Lipinski definition) is 3. The van der Waals surface area contributed by atoms with E-state index in [0.717, 1.165) is 24.2 Å². The van der Waals surface area contributed by atoms with Crippen LogP contribution in [0.1, 0.15) is 20.3 Å². The van der Waals surface area contributed by atoms with Crippen molar-refractivity contribution in [1.82, 2.24) is 9.55 Å². The van der Waals surface area contributed by atoms with Crippen LogP contribution in [0.5, 0.6) is 0 Å². The van der Waals surface area contributed by atoms with E-state index < -0.39 is 4.92 Å². The summed E-state index contributed by atoms with van der Waals surface area (Å²) in [5.74, 6) is 0.658. The molecule has 0 atom stereocenters. The molecule has 0 spiro atoms. The van der Waals surface area contributed by atoms with Crippen LogP contribution in [0.25, 0.3) is 11.3 Å². The Hall–Kier alpha value is -2.17. The van der Waals surface area contributed by atoms with E-state index in [9.17, 15) is 10.1 Å². The molecule has 0 amide bonds. The maximum atomic E-state index is 10.6. The second-order valence-electron chi connectivity index (χ2n) is 4.98. The lowest BCUT2D eigenvalue weighted by Gasteiger charge is -2.04. The number of benzene rings is 1. The molecule has 0 fully saturated rings. The minimum atomic E-state index is -0.398. The van der Waals surface area contributed by atoms with Crippen LogP contribution in [-0.4, -0.2) is 14.5 Å². The third-order valence-electron chi connectivity index (χ3n) is 2.97. The number of nitro benzene ring substituents is 1. The maximum Gasteiger partial charge on any atom is 0.269 e. The Morgan fingerprint density at radius 1 is 1.32 bits per heavy atom. The monoisotopic (exact) mass is 259 g/mol. The number of hydrogen-bond donors (Lipinski definition) is 0. The van der Waals surface area contributed by atoms with Gasteiger partial charge in [-0.05, 0) is 24.5 Å². The quantitative estimate of drug-likeness (QED) is 0.609. The van der Waals surface area contributed by atoms with Gasteiger partial charge < -0.3 is 4.57 Å². The molecule has 1 aromatic carbocycles. The Morgan fingerprint density at radius 2 is 2.00 bits per heavy atom. The van der Waals surface area contributed by atoms with E-state index in [0.29, 0.717) is 5.92 Å². The topological polar surface area (TPSA) is 61.0 Å². The van der Waals surface area contributed by atoms with E-state index in [2.05, 4.69) is 23.4 Å². The second kappa shape index (κ2) is 5.65. The molecule has 0 N–H and O–H groups in total. The number of aryl methyl sites for hydroxylation is 1. The first-order valence-electron chi connectivity index (χ1n) is 6.33. The highest BCUT2D eigenvalue weighted by Crippen LogP contribution is 2.20. The van der Waals surface area contributed by atoms with Gasteiger partial charge in [-0.3, -0.25) is 10.1 Å². The Labute approximate surface area is 112 Å². The van der Waals surface area contributed by atoms with Crippen LogP contribution in [0.15, 0.2) is 36.8 Å². The molecule has 5 heteroatoms. The van der Waals surface area contributed by atoms with E-state index in [1.54, 1.807) is 18.5 Å². The van der Waals surface area contributed by atoms with Crippen molar-refractivity contribution in [3.05, 3.63) is 46.9 Å². The first kappa shape index (κ1) is 13.3. The van der Waals surface area contributed by atoms with Crippen LogP contribution in [0, 0.1) is 16.0 Å². The average Bonchev–Trinajstić information content (AvgIpc) is 2.85. The van der Waals surface area contributed by atoms with Gasteiger partial charge in [0, 0.05) is 30.4 Å². The zero-order valence-corrected chi connectivity index (χ0v) is 11.1. The fraction of sp³-hybridized carbons (Fsp3) is 0.357. The summed E-state index contributed by atoms with van der Waals surface area (Å²) < 4.78 is 2.05. The lowest BCUT2D eigenvalue weighted by Crippen LogP contribution is -1.98. The third kappa shape index (κ3) is 3.40. The van der Waals surface area contributed by atoms with Crippen LogP contribution >= 0.6 is 0 Å². The Bertz CT molecular complexity index is 558. The predicted molar refractivity (Wildman–Crippen MR) is 73.8 cm³/mol. The lowest BCUT2D eigenvalue weighted by atomic mass is 10.1. The number of nitrogens with zero attached hydrogens (tertiary/aromatic N) is 3. The van der Waals surface area contributed by atoms with Gasteiger partial charge in [0.1, 0.15) is 0 Å². The van der Waals surface area contributed by atoms with Gasteiger partial charge in [0.2, 0.25) is 0 Å². The fourth-order valence-electron chi connectivity index (χ4n) is 1.79. The summed E-state index contributed by atoms with van der Waals surface area (Å²) in [4.78, 5) is 14.5. The summed E-state index contributed by atoms with van der Waals surface area (Å²) in [5, 5.41) is 10.6. The highest BCUT2D eigenvalue weighted by molar-refractivity contribution is 5.60. The molecular weight excluding hydrogens is 242 g/mol. The summed E-state index contributed by atoms with van der Waals surface area (Å²) >= 11 is 0. The molecule has 1 aromatic heterocycles. The largest absolute Gasteiger partial charge is 0.337 e. The van der Waals surface area contributed by atoms with Crippen LogP contribution in [0.3, 0.4) is 0 Å². The van der Waals surface area contributed by atoms with E-state index >= 15 is 0 Å². The van der Waals surface area contributed by atoms with Crippen LogP contribution < -0.4 is 0 Å². The van der Waals surface area contributed by atoms with E-state index in [1.165, 1.54) is 12.1 Å². The van der Waals surface area contributed by atoms with Gasteiger partial charge in [-0.25, -0.2) is 4.98 Å². The molecule has 19 heavy (non-hydrogen) atoms. The van der Waals surface area contributed by atoms with Crippen molar-refractivity contribution >= 4 is 5.69 Å². The zero-order valence-electron chi connectivity index (χ0n) is 11.1. The first-order chi connectivity index (χ1) is 9.06. The third-order valence-corrected chi connectivity index (χ3v) is 2.97. The number of nitro groups is 1. The molecular formula is C14H17N3O2. The maximum absolute atomic E-state index is 10.6. The standard InChI is InChI=1S/C14H17N3O2/c1-11(2)7-8-16-9-14(15-10-16)12-3-5-13(6-4-12)17(18)19/h3-6,9-11H,7-8H2,1-2H3. The molecule has 0 saturated carbocycles. The number of rotatable bonds is 5. The van der Waals surface area contributed by atoms with Gasteiger partial charge in [-0.2, -0.15) is 0 Å². The van der Waals surface area contributed by atoms with Gasteiger partial charge in [-0.15, -0.1) is 0 Å². The molecule has 0 radical (unpaired) electrons. The molecule has 2 aromatic rings. The van der Waals surface area contributed by atoms with Crippen LogP contribution in [0.2, 0.25) is 0 Å². The summed E-state index contributed by atoms with van der Waals surface area (Å²) in [6.07, 6.45) is 4.89. The highest BCUT2D eigenvalue weighted by atomic mass is 16.6. The molecule has 1 heterocycles. The average molecular weight is 259 g/mol.